The standard InChI is InChI=1S/C13H28O2/c1-6-8-12(14-5)11-15-10-7-9-13(2,3)4/h12H,6-11H2,1-5H3. The monoisotopic (exact) mass is 216 g/mol. The molecule has 1 unspecified atom stereocenters. The Kier molecular flexibility index (Phi) is 8.07. The molecule has 0 spiro atoms. The fourth-order valence-corrected chi connectivity index (χ4v) is 1.51. The minimum Gasteiger partial charge on any atom is -0.379 e. The van der Waals surface area contributed by atoms with E-state index in [1.807, 2.05) is 0 Å². The molecular formula is C13H28O2. The van der Waals surface area contributed by atoms with Crippen LogP contribution in [0, 0.1) is 5.41 Å². The predicted molar refractivity (Wildman–Crippen MR) is 65.2 cm³/mol. The molecule has 0 heterocycles. The van der Waals surface area contributed by atoms with Crippen LogP contribution in [0.2, 0.25) is 0 Å². The molecule has 92 valence electrons. The number of hydrogen-bond donors (Lipinski definition) is 0. The van der Waals surface area contributed by atoms with Gasteiger partial charge in [-0.15, -0.1) is 0 Å². The second-order valence-electron chi connectivity index (χ2n) is 5.39. The zero-order valence-electron chi connectivity index (χ0n) is 11.1. The molecule has 0 aromatic rings. The van der Waals surface area contributed by atoms with Crippen molar-refractivity contribution in [1.82, 2.24) is 0 Å². The Balaban J connectivity index is 3.36. The van der Waals surface area contributed by atoms with Crippen LogP contribution in [-0.2, 0) is 9.47 Å². The van der Waals surface area contributed by atoms with Crippen LogP contribution < -0.4 is 0 Å². The summed E-state index contributed by atoms with van der Waals surface area (Å²) in [6.45, 7) is 10.6. The Labute approximate surface area is 95.3 Å². The Morgan fingerprint density at radius 1 is 1.20 bits per heavy atom. The average Bonchev–Trinajstić information content (AvgIpc) is 2.14. The van der Waals surface area contributed by atoms with Gasteiger partial charge in [0.25, 0.3) is 0 Å². The second-order valence-corrected chi connectivity index (χ2v) is 5.39. The number of methoxy groups -OCH3 is 1. The molecule has 0 aromatic heterocycles. The first-order valence-electron chi connectivity index (χ1n) is 6.10. The highest BCUT2D eigenvalue weighted by Gasteiger charge is 2.10. The van der Waals surface area contributed by atoms with Crippen LogP contribution in [0.25, 0.3) is 0 Å². The predicted octanol–water partition coefficient (Wildman–Crippen LogP) is 3.64. The molecule has 2 nitrogen and oxygen atoms in total. The smallest absolute Gasteiger partial charge is 0.0804 e. The van der Waals surface area contributed by atoms with E-state index in [-0.39, 0.29) is 6.10 Å². The van der Waals surface area contributed by atoms with Crippen LogP contribution in [0.4, 0.5) is 0 Å². The Hall–Kier alpha value is -0.0800. The molecule has 1 atom stereocenters. The van der Waals surface area contributed by atoms with Crippen LogP contribution in [0.15, 0.2) is 0 Å². The van der Waals surface area contributed by atoms with E-state index in [2.05, 4.69) is 27.7 Å². The Bertz CT molecular complexity index is 138. The van der Waals surface area contributed by atoms with E-state index in [0.29, 0.717) is 5.41 Å². The third-order valence-corrected chi connectivity index (χ3v) is 2.46. The number of hydrogen-bond acceptors (Lipinski definition) is 2. The van der Waals surface area contributed by atoms with Crippen molar-refractivity contribution >= 4 is 0 Å². The molecule has 0 aromatic carbocycles. The van der Waals surface area contributed by atoms with Gasteiger partial charge in [0, 0.05) is 13.7 Å². The molecular weight excluding hydrogens is 188 g/mol. The lowest BCUT2D eigenvalue weighted by atomic mass is 9.91. The first-order chi connectivity index (χ1) is 6.99. The lowest BCUT2D eigenvalue weighted by molar-refractivity contribution is 0.00177. The van der Waals surface area contributed by atoms with Gasteiger partial charge in [-0.05, 0) is 24.7 Å². The Morgan fingerprint density at radius 2 is 1.87 bits per heavy atom. The topological polar surface area (TPSA) is 18.5 Å². The summed E-state index contributed by atoms with van der Waals surface area (Å²) in [6.07, 6.45) is 4.90. The molecule has 2 heteroatoms. The molecule has 0 amide bonds. The third kappa shape index (κ3) is 10.2. The summed E-state index contributed by atoms with van der Waals surface area (Å²) in [5.41, 5.74) is 0.424. The van der Waals surface area contributed by atoms with Crippen molar-refractivity contribution in [3.05, 3.63) is 0 Å². The van der Waals surface area contributed by atoms with Crippen molar-refractivity contribution < 1.29 is 9.47 Å². The molecule has 0 saturated carbocycles. The summed E-state index contributed by atoms with van der Waals surface area (Å²) in [4.78, 5) is 0. The van der Waals surface area contributed by atoms with Crippen LogP contribution >= 0.6 is 0 Å². The fourth-order valence-electron chi connectivity index (χ4n) is 1.51. The molecule has 0 bridgehead atoms. The lowest BCUT2D eigenvalue weighted by Crippen LogP contribution is -2.18. The van der Waals surface area contributed by atoms with Gasteiger partial charge in [-0.2, -0.15) is 0 Å². The first-order valence-corrected chi connectivity index (χ1v) is 6.10. The van der Waals surface area contributed by atoms with Crippen molar-refractivity contribution in [2.75, 3.05) is 20.3 Å². The van der Waals surface area contributed by atoms with Gasteiger partial charge < -0.3 is 9.47 Å². The zero-order valence-corrected chi connectivity index (χ0v) is 11.1. The van der Waals surface area contributed by atoms with Crippen molar-refractivity contribution in [2.45, 2.75) is 59.5 Å². The minimum absolute atomic E-state index is 0.282. The normalized spacial score (nSPS) is 14.2. The zero-order chi connectivity index (χ0) is 11.7. The lowest BCUT2D eigenvalue weighted by Gasteiger charge is -2.18. The molecule has 15 heavy (non-hydrogen) atoms. The third-order valence-electron chi connectivity index (χ3n) is 2.46. The largest absolute Gasteiger partial charge is 0.379 e. The van der Waals surface area contributed by atoms with Gasteiger partial charge in [0.1, 0.15) is 0 Å². The van der Waals surface area contributed by atoms with E-state index in [4.69, 9.17) is 9.47 Å². The maximum Gasteiger partial charge on any atom is 0.0804 e. The highest BCUT2D eigenvalue weighted by atomic mass is 16.5. The number of rotatable bonds is 8. The summed E-state index contributed by atoms with van der Waals surface area (Å²) in [7, 11) is 1.76. The van der Waals surface area contributed by atoms with Gasteiger partial charge >= 0.3 is 0 Å². The van der Waals surface area contributed by atoms with Gasteiger partial charge in [-0.1, -0.05) is 34.1 Å². The first kappa shape index (κ1) is 14.9. The van der Waals surface area contributed by atoms with Gasteiger partial charge in [0.2, 0.25) is 0 Å². The van der Waals surface area contributed by atoms with Gasteiger partial charge in [-0.25, -0.2) is 0 Å². The number of ether oxygens (including phenoxy) is 2. The van der Waals surface area contributed by atoms with Crippen molar-refractivity contribution in [3.63, 3.8) is 0 Å². The van der Waals surface area contributed by atoms with Crippen molar-refractivity contribution in [3.8, 4) is 0 Å². The van der Waals surface area contributed by atoms with Gasteiger partial charge in [-0.3, -0.25) is 0 Å². The van der Waals surface area contributed by atoms with E-state index >= 15 is 0 Å². The molecule has 0 aliphatic heterocycles. The van der Waals surface area contributed by atoms with Crippen LogP contribution in [0.1, 0.15) is 53.4 Å². The van der Waals surface area contributed by atoms with E-state index in [0.717, 1.165) is 32.5 Å². The maximum absolute atomic E-state index is 5.61. The molecule has 0 radical (unpaired) electrons. The average molecular weight is 216 g/mol. The minimum atomic E-state index is 0.282. The summed E-state index contributed by atoms with van der Waals surface area (Å²) in [5.74, 6) is 0. The van der Waals surface area contributed by atoms with Gasteiger partial charge in [0.15, 0.2) is 0 Å². The van der Waals surface area contributed by atoms with Crippen LogP contribution in [0.5, 0.6) is 0 Å². The quantitative estimate of drug-likeness (QED) is 0.577. The highest BCUT2D eigenvalue weighted by molar-refractivity contribution is 4.61. The molecule has 0 aliphatic carbocycles. The molecule has 0 fully saturated rings. The van der Waals surface area contributed by atoms with Crippen molar-refractivity contribution in [2.24, 2.45) is 5.41 Å². The Morgan fingerprint density at radius 3 is 2.33 bits per heavy atom. The van der Waals surface area contributed by atoms with E-state index in [1.54, 1.807) is 7.11 Å². The molecule has 0 saturated heterocycles. The fraction of sp³-hybridized carbons (Fsp3) is 1.00. The second kappa shape index (κ2) is 8.12. The van der Waals surface area contributed by atoms with Crippen molar-refractivity contribution in [1.29, 1.82) is 0 Å². The summed E-state index contributed by atoms with van der Waals surface area (Å²) < 4.78 is 10.9. The maximum atomic E-state index is 5.61. The van der Waals surface area contributed by atoms with Gasteiger partial charge in [0.05, 0.1) is 12.7 Å². The molecule has 0 N–H and O–H groups in total. The van der Waals surface area contributed by atoms with Crippen LogP contribution in [-0.4, -0.2) is 26.4 Å². The molecule has 0 rings (SSSR count). The van der Waals surface area contributed by atoms with E-state index < -0.39 is 0 Å². The molecule has 0 aliphatic rings. The van der Waals surface area contributed by atoms with E-state index in [9.17, 15) is 0 Å². The SMILES string of the molecule is CCCC(COCCCC(C)(C)C)OC. The highest BCUT2D eigenvalue weighted by Crippen LogP contribution is 2.20. The summed E-state index contributed by atoms with van der Waals surface area (Å²) >= 11 is 0. The van der Waals surface area contributed by atoms with E-state index in [1.165, 1.54) is 6.42 Å². The summed E-state index contributed by atoms with van der Waals surface area (Å²) in [6, 6.07) is 0. The van der Waals surface area contributed by atoms with Crippen LogP contribution in [0.3, 0.4) is 0 Å². The summed E-state index contributed by atoms with van der Waals surface area (Å²) in [5, 5.41) is 0.